The van der Waals surface area contributed by atoms with Gasteiger partial charge in [0, 0.05) is 25.3 Å². The van der Waals surface area contributed by atoms with E-state index < -0.39 is 0 Å². The molecule has 1 heterocycles. The van der Waals surface area contributed by atoms with E-state index in [0.29, 0.717) is 5.82 Å². The van der Waals surface area contributed by atoms with Crippen molar-refractivity contribution in [2.24, 2.45) is 0 Å². The molecule has 0 amide bonds. The number of aryl methyl sites for hydroxylation is 1. The van der Waals surface area contributed by atoms with Crippen molar-refractivity contribution in [1.82, 2.24) is 10.3 Å². The molecule has 24 heavy (non-hydrogen) atoms. The van der Waals surface area contributed by atoms with E-state index in [1.807, 2.05) is 19.1 Å². The Bertz CT molecular complexity index is 659. The molecule has 5 nitrogen and oxygen atoms in total. The van der Waals surface area contributed by atoms with Gasteiger partial charge in [0.15, 0.2) is 0 Å². The number of nitrogens with one attached hydrogen (secondary N) is 1. The standard InChI is InChI=1S/C19H27N3O2/c1-4-14-11-16(17-7-6-8-19(20)22-17)18(23-3)12-15(14)13-21-9-10-24-5-2/h6-8,11-12,21H,4-5,9-10,13H2,1-3H3,(H2,20,22). The fraction of sp³-hybridized carbons (Fsp3) is 0.421. The number of anilines is 1. The average molecular weight is 329 g/mol. The van der Waals surface area contributed by atoms with Gasteiger partial charge in [0.1, 0.15) is 11.6 Å². The maximum atomic E-state index is 5.82. The molecule has 5 heteroatoms. The van der Waals surface area contributed by atoms with Gasteiger partial charge in [-0.15, -0.1) is 0 Å². The average Bonchev–Trinajstić information content (AvgIpc) is 2.61. The molecule has 0 unspecified atom stereocenters. The molecular formula is C19H27N3O2. The Hall–Kier alpha value is -2.11. The molecule has 130 valence electrons. The lowest BCUT2D eigenvalue weighted by atomic mass is 9.98. The second-order valence-corrected chi connectivity index (χ2v) is 5.50. The summed E-state index contributed by atoms with van der Waals surface area (Å²) in [6, 6.07) is 9.89. The normalized spacial score (nSPS) is 10.8. The van der Waals surface area contributed by atoms with E-state index in [0.717, 1.165) is 49.7 Å². The highest BCUT2D eigenvalue weighted by molar-refractivity contribution is 5.70. The first-order chi connectivity index (χ1) is 11.7. The lowest BCUT2D eigenvalue weighted by Gasteiger charge is -2.15. The van der Waals surface area contributed by atoms with Crippen molar-refractivity contribution < 1.29 is 9.47 Å². The SMILES string of the molecule is CCOCCNCc1cc(OC)c(-c2cccc(N)n2)cc1CC. The number of benzene rings is 1. The van der Waals surface area contributed by atoms with Crippen LogP contribution in [0.2, 0.25) is 0 Å². The van der Waals surface area contributed by atoms with Crippen LogP contribution >= 0.6 is 0 Å². The summed E-state index contributed by atoms with van der Waals surface area (Å²) in [7, 11) is 1.68. The minimum atomic E-state index is 0.509. The van der Waals surface area contributed by atoms with Crippen molar-refractivity contribution in [3.05, 3.63) is 41.5 Å². The van der Waals surface area contributed by atoms with Gasteiger partial charge in [-0.3, -0.25) is 0 Å². The van der Waals surface area contributed by atoms with Crippen LogP contribution in [0.3, 0.4) is 0 Å². The zero-order chi connectivity index (χ0) is 17.4. The van der Waals surface area contributed by atoms with Gasteiger partial charge < -0.3 is 20.5 Å². The number of nitrogens with two attached hydrogens (primary N) is 1. The zero-order valence-electron chi connectivity index (χ0n) is 14.8. The molecule has 1 aromatic heterocycles. The molecule has 2 rings (SSSR count). The van der Waals surface area contributed by atoms with Crippen LogP contribution in [0, 0.1) is 0 Å². The first kappa shape index (κ1) is 18.2. The molecule has 0 spiro atoms. The number of hydrogen-bond acceptors (Lipinski definition) is 5. The second-order valence-electron chi connectivity index (χ2n) is 5.50. The Labute approximate surface area is 144 Å². The van der Waals surface area contributed by atoms with Gasteiger partial charge in [-0.05, 0) is 48.7 Å². The Morgan fingerprint density at radius 3 is 2.67 bits per heavy atom. The first-order valence-corrected chi connectivity index (χ1v) is 8.40. The van der Waals surface area contributed by atoms with Crippen molar-refractivity contribution in [1.29, 1.82) is 0 Å². The minimum Gasteiger partial charge on any atom is -0.496 e. The number of pyridine rings is 1. The Kier molecular flexibility index (Phi) is 7.03. The number of ether oxygens (including phenoxy) is 2. The molecule has 0 bridgehead atoms. The van der Waals surface area contributed by atoms with E-state index in [1.165, 1.54) is 11.1 Å². The quantitative estimate of drug-likeness (QED) is 0.692. The molecule has 0 aliphatic carbocycles. The third-order valence-electron chi connectivity index (χ3n) is 3.89. The number of methoxy groups -OCH3 is 1. The molecule has 0 saturated carbocycles. The first-order valence-electron chi connectivity index (χ1n) is 8.40. The van der Waals surface area contributed by atoms with Gasteiger partial charge in [0.2, 0.25) is 0 Å². The number of rotatable bonds is 9. The highest BCUT2D eigenvalue weighted by Crippen LogP contribution is 2.32. The van der Waals surface area contributed by atoms with Crippen LogP contribution in [0.15, 0.2) is 30.3 Å². The van der Waals surface area contributed by atoms with Crippen LogP contribution in [0.5, 0.6) is 5.75 Å². The fourth-order valence-electron chi connectivity index (χ4n) is 2.64. The summed E-state index contributed by atoms with van der Waals surface area (Å²) in [5.41, 5.74) is 10.1. The van der Waals surface area contributed by atoms with Crippen LogP contribution in [0.25, 0.3) is 11.3 Å². The van der Waals surface area contributed by atoms with Gasteiger partial charge in [-0.1, -0.05) is 13.0 Å². The Morgan fingerprint density at radius 1 is 1.17 bits per heavy atom. The third kappa shape index (κ3) is 4.69. The van der Waals surface area contributed by atoms with Crippen LogP contribution in [0.1, 0.15) is 25.0 Å². The lowest BCUT2D eigenvalue weighted by molar-refractivity contribution is 0.149. The number of hydrogen-bond donors (Lipinski definition) is 2. The number of nitrogens with zero attached hydrogens (tertiary/aromatic N) is 1. The van der Waals surface area contributed by atoms with Gasteiger partial charge in [-0.25, -0.2) is 4.98 Å². The van der Waals surface area contributed by atoms with Gasteiger partial charge in [0.25, 0.3) is 0 Å². The molecular weight excluding hydrogens is 302 g/mol. The zero-order valence-corrected chi connectivity index (χ0v) is 14.8. The molecule has 3 N–H and O–H groups in total. The predicted octanol–water partition coefficient (Wildman–Crippen LogP) is 3.03. The maximum absolute atomic E-state index is 5.82. The number of nitrogen functional groups attached to an aromatic ring is 1. The van der Waals surface area contributed by atoms with Crippen molar-refractivity contribution in [2.75, 3.05) is 32.6 Å². The van der Waals surface area contributed by atoms with Crippen LogP contribution < -0.4 is 15.8 Å². The molecule has 2 aromatic rings. The van der Waals surface area contributed by atoms with E-state index in [1.54, 1.807) is 13.2 Å². The largest absolute Gasteiger partial charge is 0.496 e. The highest BCUT2D eigenvalue weighted by atomic mass is 16.5. The maximum Gasteiger partial charge on any atom is 0.128 e. The van der Waals surface area contributed by atoms with Crippen LogP contribution in [-0.4, -0.2) is 31.9 Å². The van der Waals surface area contributed by atoms with E-state index in [-0.39, 0.29) is 0 Å². The fourth-order valence-corrected chi connectivity index (χ4v) is 2.64. The van der Waals surface area contributed by atoms with Gasteiger partial charge in [0.05, 0.1) is 19.4 Å². The summed E-state index contributed by atoms with van der Waals surface area (Å²) in [5.74, 6) is 1.32. The smallest absolute Gasteiger partial charge is 0.128 e. The molecule has 0 fully saturated rings. The van der Waals surface area contributed by atoms with E-state index in [9.17, 15) is 0 Å². The highest BCUT2D eigenvalue weighted by Gasteiger charge is 2.12. The Balaban J connectivity index is 2.25. The molecule has 0 aliphatic rings. The summed E-state index contributed by atoms with van der Waals surface area (Å²) in [5, 5.41) is 3.41. The Morgan fingerprint density at radius 2 is 2.00 bits per heavy atom. The molecule has 0 radical (unpaired) electrons. The van der Waals surface area contributed by atoms with Crippen molar-refractivity contribution in [3.63, 3.8) is 0 Å². The van der Waals surface area contributed by atoms with E-state index in [4.69, 9.17) is 15.2 Å². The summed E-state index contributed by atoms with van der Waals surface area (Å²) < 4.78 is 10.9. The van der Waals surface area contributed by atoms with E-state index in [2.05, 4.69) is 29.4 Å². The monoisotopic (exact) mass is 329 g/mol. The van der Waals surface area contributed by atoms with Crippen LogP contribution in [-0.2, 0) is 17.7 Å². The summed E-state index contributed by atoms with van der Waals surface area (Å²) in [4.78, 5) is 4.42. The minimum absolute atomic E-state index is 0.509. The molecule has 1 aromatic carbocycles. The van der Waals surface area contributed by atoms with Crippen molar-refractivity contribution >= 4 is 5.82 Å². The third-order valence-corrected chi connectivity index (χ3v) is 3.89. The number of aromatic nitrogens is 1. The molecule has 0 atom stereocenters. The van der Waals surface area contributed by atoms with Crippen LogP contribution in [0.4, 0.5) is 5.82 Å². The summed E-state index contributed by atoms with van der Waals surface area (Å²) in [6.07, 6.45) is 0.946. The van der Waals surface area contributed by atoms with E-state index >= 15 is 0 Å². The summed E-state index contributed by atoms with van der Waals surface area (Å²) in [6.45, 7) is 7.25. The molecule has 0 aliphatic heterocycles. The summed E-state index contributed by atoms with van der Waals surface area (Å²) >= 11 is 0. The van der Waals surface area contributed by atoms with Gasteiger partial charge in [-0.2, -0.15) is 0 Å². The van der Waals surface area contributed by atoms with Crippen molar-refractivity contribution in [2.45, 2.75) is 26.8 Å². The van der Waals surface area contributed by atoms with Gasteiger partial charge >= 0.3 is 0 Å². The van der Waals surface area contributed by atoms with Crippen molar-refractivity contribution in [3.8, 4) is 17.0 Å². The molecule has 0 saturated heterocycles. The topological polar surface area (TPSA) is 69.4 Å². The predicted molar refractivity (Wildman–Crippen MR) is 98.2 cm³/mol. The second kappa shape index (κ2) is 9.25. The lowest BCUT2D eigenvalue weighted by Crippen LogP contribution is -2.20.